The first-order valence-electron chi connectivity index (χ1n) is 7.04. The summed E-state index contributed by atoms with van der Waals surface area (Å²) in [7, 11) is 1.58. The van der Waals surface area contributed by atoms with Crippen molar-refractivity contribution in [3.05, 3.63) is 58.6 Å². The average Bonchev–Trinajstić information content (AvgIpc) is 2.57. The van der Waals surface area contributed by atoms with Gasteiger partial charge >= 0.3 is 0 Å². The first-order chi connectivity index (χ1) is 11.1. The number of carbonyl (C=O) groups is 1. The number of nitrogens with zero attached hydrogens (tertiary/aromatic N) is 1. The average molecular weight is 333 g/mol. The molecule has 0 saturated heterocycles. The molecule has 2 aromatic carbocycles. The van der Waals surface area contributed by atoms with E-state index in [0.717, 1.165) is 0 Å². The number of benzene rings is 2. The van der Waals surface area contributed by atoms with E-state index in [4.69, 9.17) is 21.1 Å². The molecule has 1 amide bonds. The lowest BCUT2D eigenvalue weighted by atomic mass is 10.2. The van der Waals surface area contributed by atoms with Crippen molar-refractivity contribution < 1.29 is 14.3 Å². The molecule has 2 aromatic rings. The summed E-state index contributed by atoms with van der Waals surface area (Å²) in [4.78, 5) is 12.0. The number of methoxy groups -OCH3 is 1. The number of hydrazone groups is 1. The van der Waals surface area contributed by atoms with Crippen molar-refractivity contribution in [1.29, 1.82) is 0 Å². The summed E-state index contributed by atoms with van der Waals surface area (Å²) in [6, 6.07) is 11.9. The topological polar surface area (TPSA) is 59.9 Å². The largest absolute Gasteiger partial charge is 0.497 e. The van der Waals surface area contributed by atoms with Crippen LogP contribution in [-0.4, -0.2) is 25.8 Å². The standard InChI is InChI=1S/C17H17ClN2O3/c1-3-23-16-9-8-15(22-2)10-13(16)11-19-20-17(21)12-4-6-14(18)7-5-12/h4-11H,3H2,1-2H3,(H,20,21)/b19-11+. The number of rotatable bonds is 6. The van der Waals surface area contributed by atoms with Crippen molar-refractivity contribution in [2.45, 2.75) is 6.92 Å². The van der Waals surface area contributed by atoms with Crippen LogP contribution >= 0.6 is 11.6 Å². The van der Waals surface area contributed by atoms with E-state index in [2.05, 4.69) is 10.5 Å². The van der Waals surface area contributed by atoms with Gasteiger partial charge in [0, 0.05) is 16.1 Å². The molecular formula is C17H17ClN2O3. The van der Waals surface area contributed by atoms with Crippen LogP contribution in [0.1, 0.15) is 22.8 Å². The third-order valence-corrected chi connectivity index (χ3v) is 3.24. The fourth-order valence-electron chi connectivity index (χ4n) is 1.87. The number of carbonyl (C=O) groups excluding carboxylic acids is 1. The quantitative estimate of drug-likeness (QED) is 0.650. The third kappa shape index (κ3) is 4.72. The van der Waals surface area contributed by atoms with Crippen molar-refractivity contribution in [2.75, 3.05) is 13.7 Å². The van der Waals surface area contributed by atoms with Crippen LogP contribution in [0.4, 0.5) is 0 Å². The highest BCUT2D eigenvalue weighted by atomic mass is 35.5. The highest BCUT2D eigenvalue weighted by Gasteiger charge is 2.05. The normalized spacial score (nSPS) is 10.6. The first-order valence-corrected chi connectivity index (χ1v) is 7.41. The fourth-order valence-corrected chi connectivity index (χ4v) is 1.99. The molecule has 5 nitrogen and oxygen atoms in total. The van der Waals surface area contributed by atoms with Crippen molar-refractivity contribution in [3.8, 4) is 11.5 Å². The van der Waals surface area contributed by atoms with Gasteiger partial charge in [-0.1, -0.05) is 11.6 Å². The van der Waals surface area contributed by atoms with E-state index in [-0.39, 0.29) is 5.91 Å². The van der Waals surface area contributed by atoms with Crippen LogP contribution in [0.5, 0.6) is 11.5 Å². The molecule has 1 N–H and O–H groups in total. The Bertz CT molecular complexity index is 699. The van der Waals surface area contributed by atoms with Gasteiger partial charge in [-0.2, -0.15) is 5.10 Å². The molecule has 0 saturated carbocycles. The van der Waals surface area contributed by atoms with Crippen LogP contribution in [0, 0.1) is 0 Å². The van der Waals surface area contributed by atoms with Gasteiger partial charge in [0.2, 0.25) is 0 Å². The zero-order chi connectivity index (χ0) is 16.7. The molecule has 0 aliphatic heterocycles. The van der Waals surface area contributed by atoms with E-state index in [0.29, 0.717) is 34.3 Å². The molecule has 2 rings (SSSR count). The second kappa shape index (κ2) is 8.19. The van der Waals surface area contributed by atoms with Gasteiger partial charge in [0.05, 0.1) is 19.9 Å². The van der Waals surface area contributed by atoms with Crippen LogP contribution in [0.25, 0.3) is 0 Å². The monoisotopic (exact) mass is 332 g/mol. The molecule has 0 heterocycles. The lowest BCUT2D eigenvalue weighted by Gasteiger charge is -2.08. The zero-order valence-electron chi connectivity index (χ0n) is 12.9. The molecule has 0 radical (unpaired) electrons. The number of halogens is 1. The van der Waals surface area contributed by atoms with Gasteiger partial charge in [-0.25, -0.2) is 5.43 Å². The SMILES string of the molecule is CCOc1ccc(OC)cc1/C=N/NC(=O)c1ccc(Cl)cc1. The number of nitrogens with one attached hydrogen (secondary N) is 1. The lowest BCUT2D eigenvalue weighted by molar-refractivity contribution is 0.0955. The molecular weight excluding hydrogens is 316 g/mol. The molecule has 0 aliphatic carbocycles. The molecule has 0 unspecified atom stereocenters. The van der Waals surface area contributed by atoms with Gasteiger partial charge in [0.25, 0.3) is 5.91 Å². The summed E-state index contributed by atoms with van der Waals surface area (Å²) in [5, 5.41) is 4.54. The van der Waals surface area contributed by atoms with Crippen LogP contribution in [0.15, 0.2) is 47.6 Å². The minimum atomic E-state index is -0.321. The van der Waals surface area contributed by atoms with Crippen molar-refractivity contribution in [1.82, 2.24) is 5.43 Å². The number of hydrogen-bond donors (Lipinski definition) is 1. The Hall–Kier alpha value is -2.53. The number of ether oxygens (including phenoxy) is 2. The third-order valence-electron chi connectivity index (χ3n) is 2.99. The summed E-state index contributed by atoms with van der Waals surface area (Å²) < 4.78 is 10.7. The second-order valence-corrected chi connectivity index (χ2v) is 4.98. The summed E-state index contributed by atoms with van der Waals surface area (Å²) in [5.74, 6) is 1.02. The molecule has 0 bridgehead atoms. The minimum Gasteiger partial charge on any atom is -0.497 e. The number of amides is 1. The molecule has 0 spiro atoms. The van der Waals surface area contributed by atoms with Gasteiger partial charge in [0.1, 0.15) is 11.5 Å². The van der Waals surface area contributed by atoms with Gasteiger partial charge in [0.15, 0.2) is 0 Å². The van der Waals surface area contributed by atoms with Crippen LogP contribution < -0.4 is 14.9 Å². The van der Waals surface area contributed by atoms with Gasteiger partial charge in [-0.15, -0.1) is 0 Å². The molecule has 0 atom stereocenters. The molecule has 0 aromatic heterocycles. The molecule has 0 aliphatic rings. The molecule has 120 valence electrons. The van der Waals surface area contributed by atoms with Crippen LogP contribution in [0.3, 0.4) is 0 Å². The van der Waals surface area contributed by atoms with E-state index >= 15 is 0 Å². The molecule has 6 heteroatoms. The van der Waals surface area contributed by atoms with Gasteiger partial charge in [-0.05, 0) is 49.4 Å². The van der Waals surface area contributed by atoms with E-state index in [1.165, 1.54) is 6.21 Å². The Morgan fingerprint density at radius 1 is 1.26 bits per heavy atom. The summed E-state index contributed by atoms with van der Waals surface area (Å²) >= 11 is 5.79. The van der Waals surface area contributed by atoms with E-state index in [1.807, 2.05) is 6.92 Å². The van der Waals surface area contributed by atoms with Crippen LogP contribution in [0.2, 0.25) is 5.02 Å². The summed E-state index contributed by atoms with van der Waals surface area (Å²) in [5.41, 5.74) is 3.65. The van der Waals surface area contributed by atoms with Crippen molar-refractivity contribution in [2.24, 2.45) is 5.10 Å². The summed E-state index contributed by atoms with van der Waals surface area (Å²) in [6.45, 7) is 2.43. The minimum absolute atomic E-state index is 0.321. The van der Waals surface area contributed by atoms with Gasteiger partial charge in [-0.3, -0.25) is 4.79 Å². The van der Waals surface area contributed by atoms with Gasteiger partial charge < -0.3 is 9.47 Å². The Labute approximate surface area is 139 Å². The fraction of sp³-hybridized carbons (Fsp3) is 0.176. The zero-order valence-corrected chi connectivity index (χ0v) is 13.6. The first kappa shape index (κ1) is 16.8. The van der Waals surface area contributed by atoms with E-state index in [1.54, 1.807) is 49.6 Å². The van der Waals surface area contributed by atoms with E-state index < -0.39 is 0 Å². The Kier molecular flexibility index (Phi) is 6.00. The smallest absolute Gasteiger partial charge is 0.271 e. The predicted octanol–water partition coefficient (Wildman–Crippen LogP) is 3.51. The Morgan fingerprint density at radius 3 is 2.65 bits per heavy atom. The molecule has 0 fully saturated rings. The predicted molar refractivity (Wildman–Crippen MR) is 90.7 cm³/mol. The maximum Gasteiger partial charge on any atom is 0.271 e. The van der Waals surface area contributed by atoms with Crippen LogP contribution in [-0.2, 0) is 0 Å². The van der Waals surface area contributed by atoms with E-state index in [9.17, 15) is 4.79 Å². The second-order valence-electron chi connectivity index (χ2n) is 4.54. The Balaban J connectivity index is 2.10. The lowest BCUT2D eigenvalue weighted by Crippen LogP contribution is -2.17. The number of hydrogen-bond acceptors (Lipinski definition) is 4. The van der Waals surface area contributed by atoms with Crippen molar-refractivity contribution >= 4 is 23.7 Å². The summed E-state index contributed by atoms with van der Waals surface area (Å²) in [6.07, 6.45) is 1.52. The maximum atomic E-state index is 12.0. The highest BCUT2D eigenvalue weighted by Crippen LogP contribution is 2.22. The Morgan fingerprint density at radius 2 is 2.00 bits per heavy atom. The highest BCUT2D eigenvalue weighted by molar-refractivity contribution is 6.30. The maximum absolute atomic E-state index is 12.0. The van der Waals surface area contributed by atoms with Crippen molar-refractivity contribution in [3.63, 3.8) is 0 Å². The molecule has 23 heavy (non-hydrogen) atoms.